The lowest BCUT2D eigenvalue weighted by Gasteiger charge is -2.23. The van der Waals surface area contributed by atoms with Crippen LogP contribution in [0.3, 0.4) is 0 Å². The predicted molar refractivity (Wildman–Crippen MR) is 121 cm³/mol. The molecule has 0 aliphatic heterocycles. The van der Waals surface area contributed by atoms with Gasteiger partial charge in [0.2, 0.25) is 0 Å². The van der Waals surface area contributed by atoms with E-state index < -0.39 is 15.9 Å². The average Bonchev–Trinajstić information content (AvgIpc) is 2.69. The maximum Gasteiger partial charge on any atom is 0.261 e. The molecule has 0 fully saturated rings. The molecule has 0 bridgehead atoms. The monoisotopic (exact) mass is 431 g/mol. The highest BCUT2D eigenvalue weighted by atomic mass is 32.2. The molecular formula is C24H33NO4S. The summed E-state index contributed by atoms with van der Waals surface area (Å²) < 4.78 is 29.3. The number of rotatable bonds is 8. The van der Waals surface area contributed by atoms with Crippen LogP contribution in [-0.2, 0) is 20.0 Å². The Hall–Kier alpha value is -2.34. The lowest BCUT2D eigenvalue weighted by atomic mass is 9.87. The highest BCUT2D eigenvalue weighted by Crippen LogP contribution is 2.25. The minimum Gasteiger partial charge on any atom is -0.481 e. The van der Waals surface area contributed by atoms with Crippen molar-refractivity contribution in [2.24, 2.45) is 0 Å². The number of carbonyl (C=O) groups is 1. The van der Waals surface area contributed by atoms with E-state index in [4.69, 9.17) is 4.74 Å². The van der Waals surface area contributed by atoms with Crippen molar-refractivity contribution >= 4 is 15.7 Å². The molecule has 0 aromatic heterocycles. The van der Waals surface area contributed by atoms with E-state index in [1.165, 1.54) is 11.8 Å². The molecule has 0 aliphatic carbocycles. The molecule has 0 unspecified atom stereocenters. The molecule has 6 heteroatoms. The minimum absolute atomic E-state index is 0.0566. The molecule has 2 rings (SSSR count). The van der Waals surface area contributed by atoms with Crippen LogP contribution in [0.1, 0.15) is 64.6 Å². The number of benzene rings is 2. The second kappa shape index (κ2) is 9.65. The number of hydrogen-bond donors (Lipinski definition) is 1. The van der Waals surface area contributed by atoms with Crippen LogP contribution in [0.15, 0.2) is 53.4 Å². The maximum atomic E-state index is 12.8. The Kier molecular flexibility index (Phi) is 7.70. The number of hydrogen-bond acceptors (Lipinski definition) is 4. The summed E-state index contributed by atoms with van der Waals surface area (Å²) in [5.74, 6) is 0.479. The summed E-state index contributed by atoms with van der Waals surface area (Å²) in [6.45, 7) is 10.3. The molecule has 0 saturated carbocycles. The number of ether oxygens (including phenoxy) is 1. The summed E-state index contributed by atoms with van der Waals surface area (Å²) in [6, 6.07) is 14.3. The Labute approximate surface area is 180 Å². The van der Waals surface area contributed by atoms with Gasteiger partial charge in [0.15, 0.2) is 15.9 Å². The lowest BCUT2D eigenvalue weighted by molar-refractivity contribution is -0.128. The normalized spacial score (nSPS) is 14.1. The van der Waals surface area contributed by atoms with E-state index in [1.54, 1.807) is 24.3 Å². The number of carbonyl (C=O) groups excluding carboxylic acids is 1. The first-order valence-corrected chi connectivity index (χ1v) is 12.2. The topological polar surface area (TPSA) is 72.5 Å². The quantitative estimate of drug-likeness (QED) is 0.651. The van der Waals surface area contributed by atoms with Gasteiger partial charge >= 0.3 is 0 Å². The smallest absolute Gasteiger partial charge is 0.261 e. The van der Waals surface area contributed by atoms with Crippen molar-refractivity contribution in [3.8, 4) is 5.75 Å². The van der Waals surface area contributed by atoms with Crippen molar-refractivity contribution in [3.05, 3.63) is 59.7 Å². The molecule has 0 aliphatic rings. The zero-order chi connectivity index (χ0) is 22.5. The van der Waals surface area contributed by atoms with E-state index in [-0.39, 0.29) is 22.3 Å². The molecule has 1 N–H and O–H groups in total. The van der Waals surface area contributed by atoms with Gasteiger partial charge in [0.25, 0.3) is 5.91 Å². The fourth-order valence-electron chi connectivity index (χ4n) is 3.15. The summed E-state index contributed by atoms with van der Waals surface area (Å²) in [6.07, 6.45) is 1.80. The van der Waals surface area contributed by atoms with Crippen molar-refractivity contribution < 1.29 is 17.9 Å². The molecule has 5 nitrogen and oxygen atoms in total. The van der Waals surface area contributed by atoms with Crippen LogP contribution in [0.2, 0.25) is 0 Å². The fourth-order valence-corrected chi connectivity index (χ4v) is 3.78. The van der Waals surface area contributed by atoms with Gasteiger partial charge in [-0.1, -0.05) is 58.9 Å². The van der Waals surface area contributed by atoms with Gasteiger partial charge < -0.3 is 10.1 Å². The number of amides is 1. The van der Waals surface area contributed by atoms with Crippen LogP contribution in [0.4, 0.5) is 0 Å². The first-order valence-electron chi connectivity index (χ1n) is 10.3. The zero-order valence-corrected chi connectivity index (χ0v) is 19.5. The summed E-state index contributed by atoms with van der Waals surface area (Å²) >= 11 is 0. The summed E-state index contributed by atoms with van der Waals surface area (Å²) in [7, 11) is -3.25. The highest BCUT2D eigenvalue weighted by molar-refractivity contribution is 7.90. The van der Waals surface area contributed by atoms with Gasteiger partial charge in [0, 0.05) is 6.26 Å². The van der Waals surface area contributed by atoms with Crippen molar-refractivity contribution in [2.75, 3.05) is 6.26 Å². The van der Waals surface area contributed by atoms with E-state index in [9.17, 15) is 13.2 Å². The van der Waals surface area contributed by atoms with E-state index in [1.807, 2.05) is 38.1 Å². The van der Waals surface area contributed by atoms with Gasteiger partial charge in [-0.2, -0.15) is 0 Å². The third-order valence-corrected chi connectivity index (χ3v) is 6.23. The molecule has 30 heavy (non-hydrogen) atoms. The molecule has 0 radical (unpaired) electrons. The summed E-state index contributed by atoms with van der Waals surface area (Å²) in [4.78, 5) is 13.1. The van der Waals surface area contributed by atoms with Crippen LogP contribution in [0, 0.1) is 0 Å². The van der Waals surface area contributed by atoms with E-state index >= 15 is 0 Å². The Morgan fingerprint density at radius 2 is 1.53 bits per heavy atom. The summed E-state index contributed by atoms with van der Waals surface area (Å²) in [5.41, 5.74) is 2.12. The Morgan fingerprint density at radius 3 is 1.97 bits per heavy atom. The number of sulfone groups is 1. The van der Waals surface area contributed by atoms with Crippen molar-refractivity contribution in [2.45, 2.75) is 69.9 Å². The first kappa shape index (κ1) is 23.9. The van der Waals surface area contributed by atoms with Gasteiger partial charge in [-0.15, -0.1) is 0 Å². The van der Waals surface area contributed by atoms with Crippen LogP contribution in [0.5, 0.6) is 5.75 Å². The van der Waals surface area contributed by atoms with Gasteiger partial charge in [-0.25, -0.2) is 8.42 Å². The summed E-state index contributed by atoms with van der Waals surface area (Å²) in [5, 5.41) is 3.03. The Morgan fingerprint density at radius 1 is 0.967 bits per heavy atom. The van der Waals surface area contributed by atoms with Crippen LogP contribution < -0.4 is 10.1 Å². The van der Waals surface area contributed by atoms with E-state index in [0.717, 1.165) is 5.56 Å². The molecule has 0 heterocycles. The van der Waals surface area contributed by atoms with Crippen LogP contribution >= 0.6 is 0 Å². The molecular weight excluding hydrogens is 398 g/mol. The fraction of sp³-hybridized carbons (Fsp3) is 0.458. The highest BCUT2D eigenvalue weighted by Gasteiger charge is 2.22. The zero-order valence-electron chi connectivity index (χ0n) is 18.7. The van der Waals surface area contributed by atoms with Gasteiger partial charge in [-0.3, -0.25) is 4.79 Å². The van der Waals surface area contributed by atoms with Crippen LogP contribution in [0.25, 0.3) is 0 Å². The minimum atomic E-state index is -3.25. The standard InChI is InChI=1S/C24H33NO4S/c1-7-21(17-9-15-20(16-10-17)30(6,27)28)25-23(26)22(8-2)29-19-13-11-18(12-14-19)24(3,4)5/h9-16,21-22H,7-8H2,1-6H3,(H,25,26)/t21-,22-/m0/s1. The first-order chi connectivity index (χ1) is 14.0. The van der Waals surface area contributed by atoms with Crippen molar-refractivity contribution in [3.63, 3.8) is 0 Å². The van der Waals surface area contributed by atoms with Gasteiger partial charge in [0.1, 0.15) is 5.75 Å². The third kappa shape index (κ3) is 6.33. The Balaban J connectivity index is 2.09. The predicted octanol–water partition coefficient (Wildman–Crippen LogP) is 4.81. The van der Waals surface area contributed by atoms with E-state index in [0.29, 0.717) is 18.6 Å². The Bertz CT molecular complexity index is 942. The SMILES string of the molecule is CC[C@H](Oc1ccc(C(C)(C)C)cc1)C(=O)N[C@@H](CC)c1ccc(S(C)(=O)=O)cc1. The van der Waals surface area contributed by atoms with Gasteiger partial charge in [0.05, 0.1) is 10.9 Å². The second-order valence-corrected chi connectivity index (χ2v) is 10.6. The average molecular weight is 432 g/mol. The molecule has 164 valence electrons. The van der Waals surface area contributed by atoms with Gasteiger partial charge in [-0.05, 0) is 53.6 Å². The molecule has 2 aromatic carbocycles. The molecule has 0 spiro atoms. The number of nitrogens with one attached hydrogen (secondary N) is 1. The molecule has 2 atom stereocenters. The van der Waals surface area contributed by atoms with Crippen molar-refractivity contribution in [1.29, 1.82) is 0 Å². The third-order valence-electron chi connectivity index (χ3n) is 5.10. The molecule has 0 saturated heterocycles. The maximum absolute atomic E-state index is 12.8. The van der Waals surface area contributed by atoms with Crippen LogP contribution in [-0.4, -0.2) is 26.7 Å². The second-order valence-electron chi connectivity index (χ2n) is 8.60. The molecule has 1 amide bonds. The largest absolute Gasteiger partial charge is 0.481 e. The lowest BCUT2D eigenvalue weighted by Crippen LogP contribution is -2.40. The van der Waals surface area contributed by atoms with Crippen molar-refractivity contribution in [1.82, 2.24) is 5.32 Å². The molecule has 2 aromatic rings. The van der Waals surface area contributed by atoms with E-state index in [2.05, 4.69) is 26.1 Å².